The van der Waals surface area contributed by atoms with Gasteiger partial charge < -0.3 is 20.1 Å². The molecule has 4 heteroatoms. The molecule has 0 saturated carbocycles. The molecule has 3 aromatic rings. The Morgan fingerprint density at radius 1 is 0.952 bits per heavy atom. The quantitative estimate of drug-likeness (QED) is 0.604. The van der Waals surface area contributed by atoms with Gasteiger partial charge in [0, 0.05) is 34.9 Å². The summed E-state index contributed by atoms with van der Waals surface area (Å²) in [7, 11) is 0. The van der Waals surface area contributed by atoms with Crippen LogP contribution in [0.5, 0.6) is 0 Å². The Balaban J connectivity index is 1.96. The lowest BCUT2D eigenvalue weighted by Gasteiger charge is -2.14. The third-order valence-electron chi connectivity index (χ3n) is 3.74. The Morgan fingerprint density at radius 3 is 2.10 bits per heavy atom. The number of nitrogens with zero attached hydrogens (tertiary/aromatic N) is 1. The molecule has 0 aliphatic carbocycles. The molecule has 0 fully saturated rings. The Hall–Kier alpha value is -1.88. The summed E-state index contributed by atoms with van der Waals surface area (Å²) in [6.07, 6.45) is -0.490. The number of aliphatic hydroxyl groups excluding tert-OH is 2. The molecular formula is C17H20N2O2. The van der Waals surface area contributed by atoms with Crippen molar-refractivity contribution < 1.29 is 10.2 Å². The molecule has 21 heavy (non-hydrogen) atoms. The van der Waals surface area contributed by atoms with Gasteiger partial charge in [-0.25, -0.2) is 0 Å². The molecule has 1 aromatic heterocycles. The highest BCUT2D eigenvalue weighted by molar-refractivity contribution is 6.07. The van der Waals surface area contributed by atoms with Crippen molar-refractivity contribution in [3.63, 3.8) is 0 Å². The minimum Gasteiger partial charge on any atom is -0.395 e. The highest BCUT2D eigenvalue weighted by atomic mass is 16.3. The normalized spacial score (nSPS) is 13.0. The van der Waals surface area contributed by atoms with Crippen molar-refractivity contribution in [2.24, 2.45) is 0 Å². The van der Waals surface area contributed by atoms with E-state index in [9.17, 15) is 5.11 Å². The van der Waals surface area contributed by atoms with Gasteiger partial charge in [0.25, 0.3) is 0 Å². The molecule has 0 saturated heterocycles. The first-order valence-corrected chi connectivity index (χ1v) is 7.27. The van der Waals surface area contributed by atoms with E-state index in [1.165, 1.54) is 10.8 Å². The lowest BCUT2D eigenvalue weighted by Crippen LogP contribution is -2.31. The Morgan fingerprint density at radius 2 is 1.52 bits per heavy atom. The van der Waals surface area contributed by atoms with Gasteiger partial charge in [0.05, 0.1) is 19.3 Å². The van der Waals surface area contributed by atoms with Crippen LogP contribution in [0.1, 0.15) is 0 Å². The molecular weight excluding hydrogens is 264 g/mol. The van der Waals surface area contributed by atoms with E-state index in [0.717, 1.165) is 11.0 Å². The van der Waals surface area contributed by atoms with E-state index in [1.807, 2.05) is 24.3 Å². The zero-order chi connectivity index (χ0) is 14.7. The van der Waals surface area contributed by atoms with Crippen LogP contribution in [0.15, 0.2) is 48.5 Å². The first kappa shape index (κ1) is 14.1. The summed E-state index contributed by atoms with van der Waals surface area (Å²) in [5, 5.41) is 24.4. The molecule has 0 radical (unpaired) electrons. The lowest BCUT2D eigenvalue weighted by molar-refractivity contribution is 0.151. The summed E-state index contributed by atoms with van der Waals surface area (Å²) in [5.74, 6) is 0. The third-order valence-corrected chi connectivity index (χ3v) is 3.74. The van der Waals surface area contributed by atoms with Crippen molar-refractivity contribution in [2.75, 3.05) is 19.7 Å². The Kier molecular flexibility index (Phi) is 4.20. The summed E-state index contributed by atoms with van der Waals surface area (Å²) < 4.78 is 2.16. The standard InChI is InChI=1S/C17H20N2O2/c20-10-9-18-11-13(21)12-19-16-7-3-1-5-14(16)15-6-2-4-8-17(15)19/h1-8,13,18,20-21H,9-12H2/t13-/m0/s1. The predicted molar refractivity (Wildman–Crippen MR) is 85.4 cm³/mol. The van der Waals surface area contributed by atoms with Gasteiger partial charge in [-0.15, -0.1) is 0 Å². The van der Waals surface area contributed by atoms with E-state index in [4.69, 9.17) is 5.11 Å². The minimum atomic E-state index is -0.490. The van der Waals surface area contributed by atoms with Gasteiger partial charge in [0.2, 0.25) is 0 Å². The largest absolute Gasteiger partial charge is 0.395 e. The van der Waals surface area contributed by atoms with Crippen LogP contribution in [0, 0.1) is 0 Å². The second-order valence-electron chi connectivity index (χ2n) is 5.23. The van der Waals surface area contributed by atoms with Crippen LogP contribution in [-0.2, 0) is 6.54 Å². The van der Waals surface area contributed by atoms with Gasteiger partial charge in [-0.2, -0.15) is 0 Å². The smallest absolute Gasteiger partial charge is 0.0843 e. The molecule has 3 rings (SSSR count). The van der Waals surface area contributed by atoms with Gasteiger partial charge >= 0.3 is 0 Å². The number of benzene rings is 2. The molecule has 0 amide bonds. The van der Waals surface area contributed by atoms with Gasteiger partial charge in [-0.3, -0.25) is 0 Å². The van der Waals surface area contributed by atoms with Crippen molar-refractivity contribution in [1.29, 1.82) is 0 Å². The van der Waals surface area contributed by atoms with E-state index in [0.29, 0.717) is 19.6 Å². The molecule has 4 nitrogen and oxygen atoms in total. The average Bonchev–Trinajstić information content (AvgIpc) is 2.83. The topological polar surface area (TPSA) is 57.4 Å². The second-order valence-corrected chi connectivity index (χ2v) is 5.23. The molecule has 2 aromatic carbocycles. The van der Waals surface area contributed by atoms with Crippen molar-refractivity contribution in [3.05, 3.63) is 48.5 Å². The van der Waals surface area contributed by atoms with E-state index >= 15 is 0 Å². The van der Waals surface area contributed by atoms with Gasteiger partial charge in [-0.1, -0.05) is 36.4 Å². The molecule has 1 atom stereocenters. The summed E-state index contributed by atoms with van der Waals surface area (Å²) in [4.78, 5) is 0. The third kappa shape index (κ3) is 2.78. The number of aliphatic hydroxyl groups is 2. The summed E-state index contributed by atoms with van der Waals surface area (Å²) in [5.41, 5.74) is 2.28. The number of nitrogens with one attached hydrogen (secondary N) is 1. The van der Waals surface area contributed by atoms with Crippen LogP contribution >= 0.6 is 0 Å². The fourth-order valence-electron chi connectivity index (χ4n) is 2.82. The monoisotopic (exact) mass is 284 g/mol. The maximum absolute atomic E-state index is 10.2. The van der Waals surface area contributed by atoms with Crippen molar-refractivity contribution >= 4 is 21.8 Å². The molecule has 0 aliphatic heterocycles. The van der Waals surface area contributed by atoms with Crippen LogP contribution in [0.2, 0.25) is 0 Å². The molecule has 0 aliphatic rings. The van der Waals surface area contributed by atoms with Crippen LogP contribution in [0.25, 0.3) is 21.8 Å². The summed E-state index contributed by atoms with van der Waals surface area (Å²) >= 11 is 0. The molecule has 1 heterocycles. The van der Waals surface area contributed by atoms with E-state index in [-0.39, 0.29) is 6.61 Å². The predicted octanol–water partition coefficient (Wildman–Crippen LogP) is 1.74. The number of para-hydroxylation sites is 2. The van der Waals surface area contributed by atoms with Crippen molar-refractivity contribution in [2.45, 2.75) is 12.6 Å². The van der Waals surface area contributed by atoms with E-state index < -0.39 is 6.10 Å². The van der Waals surface area contributed by atoms with Crippen molar-refractivity contribution in [1.82, 2.24) is 9.88 Å². The first-order valence-electron chi connectivity index (χ1n) is 7.27. The van der Waals surface area contributed by atoms with E-state index in [1.54, 1.807) is 0 Å². The molecule has 0 spiro atoms. The zero-order valence-electron chi connectivity index (χ0n) is 11.9. The fourth-order valence-corrected chi connectivity index (χ4v) is 2.82. The molecule has 0 bridgehead atoms. The summed E-state index contributed by atoms with van der Waals surface area (Å²) in [6, 6.07) is 16.5. The lowest BCUT2D eigenvalue weighted by atomic mass is 10.2. The summed E-state index contributed by atoms with van der Waals surface area (Å²) in [6.45, 7) is 1.60. The minimum absolute atomic E-state index is 0.0854. The van der Waals surface area contributed by atoms with Gasteiger partial charge in [0.1, 0.15) is 0 Å². The number of fused-ring (bicyclic) bond motifs is 3. The average molecular weight is 284 g/mol. The van der Waals surface area contributed by atoms with Crippen LogP contribution in [-0.4, -0.2) is 40.6 Å². The second kappa shape index (κ2) is 6.26. The highest BCUT2D eigenvalue weighted by Crippen LogP contribution is 2.28. The highest BCUT2D eigenvalue weighted by Gasteiger charge is 2.12. The number of aromatic nitrogens is 1. The maximum atomic E-state index is 10.2. The van der Waals surface area contributed by atoms with Crippen LogP contribution in [0.3, 0.4) is 0 Å². The van der Waals surface area contributed by atoms with Crippen molar-refractivity contribution in [3.8, 4) is 0 Å². The van der Waals surface area contributed by atoms with Gasteiger partial charge in [0.15, 0.2) is 0 Å². The fraction of sp³-hybridized carbons (Fsp3) is 0.294. The SMILES string of the molecule is OCCNC[C@H](O)Cn1c2ccccc2c2ccccc21. The molecule has 0 unspecified atom stereocenters. The van der Waals surface area contributed by atoms with Gasteiger partial charge in [-0.05, 0) is 12.1 Å². The maximum Gasteiger partial charge on any atom is 0.0843 e. The zero-order valence-corrected chi connectivity index (χ0v) is 11.9. The Labute approximate surface area is 123 Å². The van der Waals surface area contributed by atoms with Crippen LogP contribution < -0.4 is 5.32 Å². The van der Waals surface area contributed by atoms with E-state index in [2.05, 4.69) is 34.1 Å². The Bertz CT molecular complexity index is 683. The molecule has 3 N–H and O–H groups in total. The molecule has 110 valence electrons. The number of hydrogen-bond donors (Lipinski definition) is 3. The number of hydrogen-bond acceptors (Lipinski definition) is 3. The number of rotatable bonds is 6. The van der Waals surface area contributed by atoms with Crippen LogP contribution in [0.4, 0.5) is 0 Å². The first-order chi connectivity index (χ1) is 10.3.